The Hall–Kier alpha value is -3.12. The number of benzene rings is 1. The Balaban J connectivity index is 1.67. The number of fused-ring (bicyclic) bond motifs is 2. The molecule has 27 heavy (non-hydrogen) atoms. The van der Waals surface area contributed by atoms with E-state index in [9.17, 15) is 0 Å². The van der Waals surface area contributed by atoms with Crippen molar-refractivity contribution < 1.29 is 4.74 Å². The summed E-state index contributed by atoms with van der Waals surface area (Å²) in [4.78, 5) is 9.24. The molecule has 6 heteroatoms. The first kappa shape index (κ1) is 16.1. The van der Waals surface area contributed by atoms with Crippen molar-refractivity contribution in [2.45, 2.75) is 0 Å². The van der Waals surface area contributed by atoms with E-state index in [1.807, 2.05) is 24.5 Å². The van der Waals surface area contributed by atoms with Gasteiger partial charge in [-0.05, 0) is 24.3 Å². The molecule has 0 atom stereocenters. The Bertz CT molecular complexity index is 1290. The van der Waals surface area contributed by atoms with Crippen LogP contribution >= 0.6 is 11.3 Å². The Labute approximate surface area is 160 Å². The molecule has 5 aromatic rings. The second-order valence-electron chi connectivity index (χ2n) is 6.62. The molecule has 0 bridgehead atoms. The third-order valence-electron chi connectivity index (χ3n) is 5.00. The number of thiazole rings is 1. The zero-order chi connectivity index (χ0) is 18.5. The molecule has 0 saturated heterocycles. The second-order valence-corrected chi connectivity index (χ2v) is 7.48. The van der Waals surface area contributed by atoms with Crippen LogP contribution in [0.2, 0.25) is 0 Å². The van der Waals surface area contributed by atoms with E-state index in [2.05, 4.69) is 58.1 Å². The molecule has 0 amide bonds. The summed E-state index contributed by atoms with van der Waals surface area (Å²) in [6.45, 7) is 0. The van der Waals surface area contributed by atoms with Crippen LogP contribution in [0.15, 0.2) is 54.4 Å². The average molecular weight is 374 g/mol. The van der Waals surface area contributed by atoms with Crippen LogP contribution in [0.1, 0.15) is 0 Å². The summed E-state index contributed by atoms with van der Waals surface area (Å²) in [5.41, 5.74) is 5.54. The molecular formula is C21H18N4OS. The van der Waals surface area contributed by atoms with Crippen LogP contribution in [-0.4, -0.2) is 26.2 Å². The number of ether oxygens (including phenoxy) is 1. The van der Waals surface area contributed by atoms with Crippen molar-refractivity contribution in [2.24, 2.45) is 14.1 Å². The highest BCUT2D eigenvalue weighted by molar-refractivity contribution is 7.13. The van der Waals surface area contributed by atoms with Crippen LogP contribution in [-0.2, 0) is 14.1 Å². The van der Waals surface area contributed by atoms with Crippen LogP contribution in [0.5, 0.6) is 5.75 Å². The maximum absolute atomic E-state index is 5.41. The first-order valence-corrected chi connectivity index (χ1v) is 9.52. The molecule has 4 heterocycles. The summed E-state index contributed by atoms with van der Waals surface area (Å²) < 4.78 is 9.66. The number of hydrogen-bond donors (Lipinski definition) is 0. The Morgan fingerprint density at radius 1 is 0.963 bits per heavy atom. The lowest BCUT2D eigenvalue weighted by atomic mass is 10.1. The first-order chi connectivity index (χ1) is 13.2. The normalized spacial score (nSPS) is 11.5. The SMILES string of the molecule is COc1ccc2c(c1)c(-c1nc(-c3cn(C)c4ccncc34)cs1)cn2C. The van der Waals surface area contributed by atoms with Crippen molar-refractivity contribution in [3.05, 3.63) is 54.4 Å². The summed E-state index contributed by atoms with van der Waals surface area (Å²) in [6, 6.07) is 8.18. The van der Waals surface area contributed by atoms with Crippen LogP contribution in [0, 0.1) is 0 Å². The monoisotopic (exact) mass is 374 g/mol. The van der Waals surface area contributed by atoms with Gasteiger partial charge in [-0.2, -0.15) is 0 Å². The van der Waals surface area contributed by atoms with Gasteiger partial charge in [0.1, 0.15) is 10.8 Å². The molecule has 0 N–H and O–H groups in total. The largest absolute Gasteiger partial charge is 0.497 e. The highest BCUT2D eigenvalue weighted by Crippen LogP contribution is 2.37. The first-order valence-electron chi connectivity index (χ1n) is 8.64. The molecule has 0 saturated carbocycles. The van der Waals surface area contributed by atoms with Crippen LogP contribution in [0.3, 0.4) is 0 Å². The Kier molecular flexibility index (Phi) is 3.55. The number of rotatable bonds is 3. The van der Waals surface area contributed by atoms with Crippen LogP contribution in [0.25, 0.3) is 43.6 Å². The minimum Gasteiger partial charge on any atom is -0.497 e. The van der Waals surface area contributed by atoms with Gasteiger partial charge in [0, 0.05) is 71.7 Å². The molecule has 1 aromatic carbocycles. The van der Waals surface area contributed by atoms with E-state index in [1.54, 1.807) is 18.4 Å². The second kappa shape index (κ2) is 5.96. The average Bonchev–Trinajstić information content (AvgIpc) is 3.38. The van der Waals surface area contributed by atoms with Gasteiger partial charge in [0.25, 0.3) is 0 Å². The van der Waals surface area contributed by atoms with Crippen molar-refractivity contribution >= 4 is 33.1 Å². The third kappa shape index (κ3) is 2.44. The molecule has 134 valence electrons. The highest BCUT2D eigenvalue weighted by atomic mass is 32.1. The fourth-order valence-corrected chi connectivity index (χ4v) is 4.47. The van der Waals surface area contributed by atoms with Gasteiger partial charge in [0.2, 0.25) is 0 Å². The molecule has 0 unspecified atom stereocenters. The maximum Gasteiger partial charge on any atom is 0.126 e. The van der Waals surface area contributed by atoms with E-state index in [1.165, 1.54) is 0 Å². The standard InChI is InChI=1S/C21H18N4OS/c1-24-10-16(15-9-22-7-6-20(15)24)18-12-27-21(23-18)17-11-25(2)19-5-4-13(26-3)8-14(17)19/h4-12H,1-3H3. The molecule has 0 aliphatic carbocycles. The van der Waals surface area contributed by atoms with E-state index in [0.717, 1.165) is 49.4 Å². The van der Waals surface area contributed by atoms with Crippen molar-refractivity contribution in [1.29, 1.82) is 0 Å². The quantitative estimate of drug-likeness (QED) is 0.453. The van der Waals surface area contributed by atoms with Gasteiger partial charge in [-0.25, -0.2) is 4.98 Å². The molecule has 0 radical (unpaired) electrons. The molecule has 0 spiro atoms. The van der Waals surface area contributed by atoms with E-state index < -0.39 is 0 Å². The van der Waals surface area contributed by atoms with Gasteiger partial charge in [0.15, 0.2) is 0 Å². The number of pyridine rings is 1. The number of nitrogens with zero attached hydrogens (tertiary/aromatic N) is 4. The predicted molar refractivity (Wildman–Crippen MR) is 110 cm³/mol. The van der Waals surface area contributed by atoms with Gasteiger partial charge in [-0.3, -0.25) is 4.98 Å². The lowest BCUT2D eigenvalue weighted by Gasteiger charge is -2.01. The maximum atomic E-state index is 5.41. The highest BCUT2D eigenvalue weighted by Gasteiger charge is 2.16. The molecule has 0 fully saturated rings. The van der Waals surface area contributed by atoms with E-state index in [4.69, 9.17) is 9.72 Å². The van der Waals surface area contributed by atoms with E-state index in [0.29, 0.717) is 0 Å². The summed E-state index contributed by atoms with van der Waals surface area (Å²) in [7, 11) is 5.80. The van der Waals surface area contributed by atoms with Crippen molar-refractivity contribution in [3.63, 3.8) is 0 Å². The number of methoxy groups -OCH3 is 1. The van der Waals surface area contributed by atoms with Crippen LogP contribution < -0.4 is 4.74 Å². The molecule has 5 nitrogen and oxygen atoms in total. The topological polar surface area (TPSA) is 44.9 Å². The zero-order valence-electron chi connectivity index (χ0n) is 15.3. The summed E-state index contributed by atoms with van der Waals surface area (Å²) >= 11 is 1.66. The minimum atomic E-state index is 0.854. The number of hydrogen-bond acceptors (Lipinski definition) is 4. The van der Waals surface area contributed by atoms with Gasteiger partial charge in [0.05, 0.1) is 18.3 Å². The fraction of sp³-hybridized carbons (Fsp3) is 0.143. The lowest BCUT2D eigenvalue weighted by molar-refractivity contribution is 0.415. The van der Waals surface area contributed by atoms with Crippen LogP contribution in [0.4, 0.5) is 0 Å². The smallest absolute Gasteiger partial charge is 0.126 e. The van der Waals surface area contributed by atoms with Crippen molar-refractivity contribution in [3.8, 4) is 27.6 Å². The predicted octanol–water partition coefficient (Wildman–Crippen LogP) is 4.86. The molecule has 0 aliphatic rings. The molecule has 5 rings (SSSR count). The van der Waals surface area contributed by atoms with Gasteiger partial charge in [-0.1, -0.05) is 0 Å². The number of aryl methyl sites for hydroxylation is 2. The molecule has 4 aromatic heterocycles. The third-order valence-corrected chi connectivity index (χ3v) is 5.87. The fourth-order valence-electron chi connectivity index (χ4n) is 3.63. The van der Waals surface area contributed by atoms with E-state index >= 15 is 0 Å². The summed E-state index contributed by atoms with van der Waals surface area (Å²) in [5, 5.41) is 5.40. The van der Waals surface area contributed by atoms with Gasteiger partial charge >= 0.3 is 0 Å². The Morgan fingerprint density at radius 2 is 1.74 bits per heavy atom. The van der Waals surface area contributed by atoms with Crippen molar-refractivity contribution in [1.82, 2.24) is 19.1 Å². The lowest BCUT2D eigenvalue weighted by Crippen LogP contribution is -1.85. The van der Waals surface area contributed by atoms with Crippen molar-refractivity contribution in [2.75, 3.05) is 7.11 Å². The zero-order valence-corrected chi connectivity index (χ0v) is 16.1. The van der Waals surface area contributed by atoms with E-state index in [-0.39, 0.29) is 0 Å². The minimum absolute atomic E-state index is 0.854. The van der Waals surface area contributed by atoms with Gasteiger partial charge in [-0.15, -0.1) is 11.3 Å². The molecule has 0 aliphatic heterocycles. The van der Waals surface area contributed by atoms with Gasteiger partial charge < -0.3 is 13.9 Å². The number of aromatic nitrogens is 4. The summed E-state index contributed by atoms with van der Waals surface area (Å²) in [5.74, 6) is 0.854. The Morgan fingerprint density at radius 3 is 2.56 bits per heavy atom. The molecular weight excluding hydrogens is 356 g/mol. The summed E-state index contributed by atoms with van der Waals surface area (Å²) in [6.07, 6.45) is 7.99.